The molecule has 3 unspecified atom stereocenters. The van der Waals surface area contributed by atoms with Crippen LogP contribution in [0.15, 0.2) is 12.5 Å². The highest BCUT2D eigenvalue weighted by Gasteiger charge is 2.24. The summed E-state index contributed by atoms with van der Waals surface area (Å²) >= 11 is 0. The Morgan fingerprint density at radius 2 is 2.44 bits per heavy atom. The van der Waals surface area contributed by atoms with Crippen LogP contribution in [0.2, 0.25) is 0 Å². The molecule has 0 aliphatic heterocycles. The average molecular weight is 222 g/mol. The lowest BCUT2D eigenvalue weighted by molar-refractivity contribution is 0.422. The van der Waals surface area contributed by atoms with Gasteiger partial charge in [0.2, 0.25) is 0 Å². The van der Waals surface area contributed by atoms with Crippen LogP contribution in [0, 0.1) is 5.92 Å². The maximum Gasteiger partial charge on any atom is 0.0946 e. The Morgan fingerprint density at radius 3 is 2.94 bits per heavy atom. The third-order valence-electron chi connectivity index (χ3n) is 3.58. The molecule has 4 nitrogen and oxygen atoms in total. The highest BCUT2D eigenvalue weighted by Crippen LogP contribution is 2.26. The highest BCUT2D eigenvalue weighted by atomic mass is 15.1. The smallest absolute Gasteiger partial charge is 0.0946 e. The maximum absolute atomic E-state index is 5.84. The molecular formula is C12H22N4. The van der Waals surface area contributed by atoms with Gasteiger partial charge < -0.3 is 15.6 Å². The number of nitrogens with one attached hydrogen (secondary N) is 1. The number of nitrogens with two attached hydrogens (primary N) is 1. The molecule has 0 radical (unpaired) electrons. The van der Waals surface area contributed by atoms with E-state index in [1.165, 1.54) is 25.0 Å². The third-order valence-corrected chi connectivity index (χ3v) is 3.58. The molecule has 3 atom stereocenters. The van der Waals surface area contributed by atoms with E-state index < -0.39 is 0 Å². The number of rotatable bonds is 4. The fraction of sp³-hybridized carbons (Fsp3) is 0.750. The van der Waals surface area contributed by atoms with Gasteiger partial charge in [-0.15, -0.1) is 0 Å². The van der Waals surface area contributed by atoms with Crippen molar-refractivity contribution < 1.29 is 0 Å². The first kappa shape index (κ1) is 11.6. The molecule has 0 aromatic carbocycles. The van der Waals surface area contributed by atoms with E-state index in [4.69, 9.17) is 5.73 Å². The lowest BCUT2D eigenvalue weighted by Crippen LogP contribution is -2.36. The molecule has 1 heterocycles. The quantitative estimate of drug-likeness (QED) is 0.805. The van der Waals surface area contributed by atoms with Gasteiger partial charge in [-0.25, -0.2) is 4.98 Å². The van der Waals surface area contributed by atoms with E-state index >= 15 is 0 Å². The van der Waals surface area contributed by atoms with Gasteiger partial charge >= 0.3 is 0 Å². The molecule has 0 spiro atoms. The van der Waals surface area contributed by atoms with Crippen molar-refractivity contribution in [3.63, 3.8) is 0 Å². The SMILES string of the molecule is CC1CCC(NC(CN)c2cncn2C)C1. The van der Waals surface area contributed by atoms with Crippen LogP contribution in [0.3, 0.4) is 0 Å². The Kier molecular flexibility index (Phi) is 3.61. The van der Waals surface area contributed by atoms with E-state index in [-0.39, 0.29) is 6.04 Å². The number of imidazole rings is 1. The molecule has 3 N–H and O–H groups in total. The van der Waals surface area contributed by atoms with Crippen molar-refractivity contribution in [2.45, 2.75) is 38.3 Å². The standard InChI is InChI=1S/C12H22N4/c1-9-3-4-10(5-9)15-11(6-13)12-7-14-8-16(12)2/h7-11,15H,3-6,13H2,1-2H3. The van der Waals surface area contributed by atoms with E-state index in [1.54, 1.807) is 0 Å². The summed E-state index contributed by atoms with van der Waals surface area (Å²) in [6, 6.07) is 0.862. The summed E-state index contributed by atoms with van der Waals surface area (Å²) in [5.41, 5.74) is 7.02. The van der Waals surface area contributed by atoms with Crippen molar-refractivity contribution in [1.29, 1.82) is 0 Å². The molecule has 1 aliphatic rings. The molecule has 0 saturated heterocycles. The van der Waals surface area contributed by atoms with Gasteiger partial charge in [0.25, 0.3) is 0 Å². The molecule has 2 rings (SSSR count). The second kappa shape index (κ2) is 4.97. The van der Waals surface area contributed by atoms with Crippen LogP contribution in [0.1, 0.15) is 37.9 Å². The van der Waals surface area contributed by atoms with E-state index in [0.717, 1.165) is 5.92 Å². The van der Waals surface area contributed by atoms with E-state index in [1.807, 2.05) is 24.1 Å². The number of hydrogen-bond acceptors (Lipinski definition) is 3. The first-order valence-electron chi connectivity index (χ1n) is 6.13. The van der Waals surface area contributed by atoms with Crippen LogP contribution in [-0.4, -0.2) is 22.1 Å². The Morgan fingerprint density at radius 1 is 1.62 bits per heavy atom. The molecule has 0 bridgehead atoms. The maximum atomic E-state index is 5.84. The molecule has 0 amide bonds. The molecule has 16 heavy (non-hydrogen) atoms. The number of aromatic nitrogens is 2. The molecule has 1 fully saturated rings. The van der Waals surface area contributed by atoms with Crippen molar-refractivity contribution in [2.24, 2.45) is 18.7 Å². The number of nitrogens with zero attached hydrogens (tertiary/aromatic N) is 2. The summed E-state index contributed by atoms with van der Waals surface area (Å²) in [6.07, 6.45) is 7.62. The van der Waals surface area contributed by atoms with Gasteiger partial charge in [0.15, 0.2) is 0 Å². The van der Waals surface area contributed by atoms with Crippen LogP contribution in [0.5, 0.6) is 0 Å². The minimum atomic E-state index is 0.239. The minimum absolute atomic E-state index is 0.239. The monoisotopic (exact) mass is 222 g/mol. The van der Waals surface area contributed by atoms with Crippen LogP contribution in [0.4, 0.5) is 0 Å². The Bertz CT molecular complexity index is 334. The first-order chi connectivity index (χ1) is 7.70. The Balaban J connectivity index is 1.98. The molecule has 90 valence electrons. The van der Waals surface area contributed by atoms with Crippen molar-refractivity contribution in [3.8, 4) is 0 Å². The van der Waals surface area contributed by atoms with E-state index in [9.17, 15) is 0 Å². The van der Waals surface area contributed by atoms with Crippen LogP contribution in [0.25, 0.3) is 0 Å². The summed E-state index contributed by atoms with van der Waals surface area (Å²) in [5.74, 6) is 0.850. The summed E-state index contributed by atoms with van der Waals surface area (Å²) < 4.78 is 2.04. The van der Waals surface area contributed by atoms with Gasteiger partial charge in [-0.1, -0.05) is 6.92 Å². The number of aryl methyl sites for hydroxylation is 1. The van der Waals surface area contributed by atoms with E-state index in [2.05, 4.69) is 17.2 Å². The van der Waals surface area contributed by atoms with Crippen molar-refractivity contribution in [3.05, 3.63) is 18.2 Å². The molecule has 4 heteroatoms. The van der Waals surface area contributed by atoms with Crippen molar-refractivity contribution in [2.75, 3.05) is 6.54 Å². The van der Waals surface area contributed by atoms with Gasteiger partial charge in [0, 0.05) is 25.8 Å². The Hall–Kier alpha value is -0.870. The second-order valence-electron chi connectivity index (χ2n) is 5.00. The van der Waals surface area contributed by atoms with E-state index in [0.29, 0.717) is 12.6 Å². The lowest BCUT2D eigenvalue weighted by Gasteiger charge is -2.22. The summed E-state index contributed by atoms with van der Waals surface area (Å²) in [7, 11) is 2.02. The van der Waals surface area contributed by atoms with Crippen LogP contribution < -0.4 is 11.1 Å². The van der Waals surface area contributed by atoms with Gasteiger partial charge in [0.05, 0.1) is 18.1 Å². The summed E-state index contributed by atoms with van der Waals surface area (Å²) in [6.45, 7) is 2.95. The topological polar surface area (TPSA) is 55.9 Å². The van der Waals surface area contributed by atoms with Crippen molar-refractivity contribution >= 4 is 0 Å². The molecule has 1 aromatic heterocycles. The summed E-state index contributed by atoms with van der Waals surface area (Å²) in [4.78, 5) is 4.15. The zero-order chi connectivity index (χ0) is 11.5. The minimum Gasteiger partial charge on any atom is -0.336 e. The Labute approximate surface area is 97.2 Å². The third kappa shape index (κ3) is 2.44. The number of hydrogen-bond donors (Lipinski definition) is 2. The lowest BCUT2D eigenvalue weighted by atomic mass is 10.1. The molecule has 1 saturated carbocycles. The molecule has 1 aliphatic carbocycles. The normalized spacial score (nSPS) is 27.2. The highest BCUT2D eigenvalue weighted by molar-refractivity contribution is 5.06. The van der Waals surface area contributed by atoms with Crippen molar-refractivity contribution in [1.82, 2.24) is 14.9 Å². The average Bonchev–Trinajstić information content (AvgIpc) is 2.84. The predicted molar refractivity (Wildman–Crippen MR) is 64.9 cm³/mol. The first-order valence-corrected chi connectivity index (χ1v) is 6.13. The predicted octanol–water partition coefficient (Wildman–Crippen LogP) is 1.20. The fourth-order valence-electron chi connectivity index (χ4n) is 2.62. The molecule has 1 aromatic rings. The largest absolute Gasteiger partial charge is 0.336 e. The second-order valence-corrected chi connectivity index (χ2v) is 5.00. The molecular weight excluding hydrogens is 200 g/mol. The van der Waals surface area contributed by atoms with Crippen LogP contribution in [-0.2, 0) is 7.05 Å². The zero-order valence-electron chi connectivity index (χ0n) is 10.2. The van der Waals surface area contributed by atoms with Crippen LogP contribution >= 0.6 is 0 Å². The van der Waals surface area contributed by atoms with Gasteiger partial charge in [-0.05, 0) is 25.2 Å². The fourth-order valence-corrected chi connectivity index (χ4v) is 2.62. The zero-order valence-corrected chi connectivity index (χ0v) is 10.2. The van der Waals surface area contributed by atoms with Gasteiger partial charge in [-0.3, -0.25) is 0 Å². The van der Waals surface area contributed by atoms with Gasteiger partial charge in [0.1, 0.15) is 0 Å². The van der Waals surface area contributed by atoms with Gasteiger partial charge in [-0.2, -0.15) is 0 Å². The summed E-state index contributed by atoms with van der Waals surface area (Å²) in [5, 5.41) is 3.65.